The molecule has 0 radical (unpaired) electrons. The van der Waals surface area contributed by atoms with E-state index in [-0.39, 0.29) is 17.8 Å². The highest BCUT2D eigenvalue weighted by Gasteiger charge is 2.26. The van der Waals surface area contributed by atoms with Crippen LogP contribution in [-0.2, 0) is 9.84 Å². The van der Waals surface area contributed by atoms with E-state index in [0.717, 1.165) is 18.8 Å². The standard InChI is InChI=1S/C14H24N2O3S/c1-12(11-20(2,17)18)15-10-13(14-6-5-9-19-14)16-7-3-4-8-16/h5-6,9,12-13,15H,3-4,7-8,10-11H2,1-2H3. The van der Waals surface area contributed by atoms with Gasteiger partial charge in [0.05, 0.1) is 18.1 Å². The largest absolute Gasteiger partial charge is 0.468 e. The van der Waals surface area contributed by atoms with E-state index in [0.29, 0.717) is 6.54 Å². The molecule has 2 rings (SSSR count). The summed E-state index contributed by atoms with van der Waals surface area (Å²) in [5.74, 6) is 1.11. The lowest BCUT2D eigenvalue weighted by atomic mass is 10.2. The first kappa shape index (κ1) is 15.5. The van der Waals surface area contributed by atoms with Gasteiger partial charge in [-0.2, -0.15) is 0 Å². The minimum Gasteiger partial charge on any atom is -0.468 e. The number of furan rings is 1. The molecule has 1 aliphatic rings. The Kier molecular flexibility index (Phi) is 5.23. The van der Waals surface area contributed by atoms with E-state index in [1.54, 1.807) is 6.26 Å². The predicted octanol–water partition coefficient (Wildman–Crippen LogP) is 1.44. The molecule has 0 spiro atoms. The van der Waals surface area contributed by atoms with Crippen LogP contribution in [0.3, 0.4) is 0 Å². The van der Waals surface area contributed by atoms with Gasteiger partial charge in [-0.05, 0) is 45.0 Å². The second-order valence-electron chi connectivity index (χ2n) is 5.68. The molecule has 1 aromatic rings. The Morgan fingerprint density at radius 1 is 1.40 bits per heavy atom. The van der Waals surface area contributed by atoms with Crippen molar-refractivity contribution in [2.45, 2.75) is 31.8 Å². The summed E-state index contributed by atoms with van der Waals surface area (Å²) < 4.78 is 28.1. The molecule has 0 aliphatic carbocycles. The van der Waals surface area contributed by atoms with Gasteiger partial charge in [0.25, 0.3) is 0 Å². The third kappa shape index (κ3) is 4.61. The molecule has 0 bridgehead atoms. The smallest absolute Gasteiger partial charge is 0.148 e. The molecular formula is C14H24N2O3S. The van der Waals surface area contributed by atoms with Crippen molar-refractivity contribution in [1.29, 1.82) is 0 Å². The first-order valence-electron chi connectivity index (χ1n) is 7.14. The van der Waals surface area contributed by atoms with E-state index in [4.69, 9.17) is 4.42 Å². The molecule has 5 nitrogen and oxygen atoms in total. The van der Waals surface area contributed by atoms with Gasteiger partial charge in [0, 0.05) is 18.8 Å². The van der Waals surface area contributed by atoms with Gasteiger partial charge in [-0.3, -0.25) is 4.90 Å². The zero-order valence-electron chi connectivity index (χ0n) is 12.2. The van der Waals surface area contributed by atoms with Gasteiger partial charge >= 0.3 is 0 Å². The summed E-state index contributed by atoms with van der Waals surface area (Å²) in [4.78, 5) is 2.40. The number of hydrogen-bond donors (Lipinski definition) is 1. The fourth-order valence-electron chi connectivity index (χ4n) is 2.77. The summed E-state index contributed by atoms with van der Waals surface area (Å²) >= 11 is 0. The molecule has 0 saturated carbocycles. The van der Waals surface area contributed by atoms with Crippen LogP contribution in [0.25, 0.3) is 0 Å². The first-order chi connectivity index (χ1) is 9.46. The summed E-state index contributed by atoms with van der Waals surface area (Å²) in [5.41, 5.74) is 0. The number of nitrogens with one attached hydrogen (secondary N) is 1. The van der Waals surface area contributed by atoms with E-state index in [9.17, 15) is 8.42 Å². The number of hydrogen-bond acceptors (Lipinski definition) is 5. The average molecular weight is 300 g/mol. The number of sulfone groups is 1. The van der Waals surface area contributed by atoms with Crippen molar-refractivity contribution in [3.05, 3.63) is 24.2 Å². The lowest BCUT2D eigenvalue weighted by molar-refractivity contribution is 0.206. The minimum atomic E-state index is -2.94. The maximum atomic E-state index is 11.3. The molecule has 2 heterocycles. The second kappa shape index (κ2) is 6.74. The van der Waals surface area contributed by atoms with Gasteiger partial charge in [-0.1, -0.05) is 0 Å². The normalized spacial score (nSPS) is 20.1. The highest BCUT2D eigenvalue weighted by Crippen LogP contribution is 2.24. The van der Waals surface area contributed by atoms with Crippen molar-refractivity contribution in [1.82, 2.24) is 10.2 Å². The SMILES string of the molecule is CC(CS(C)(=O)=O)NCC(c1ccco1)N1CCCC1. The maximum absolute atomic E-state index is 11.3. The Morgan fingerprint density at radius 3 is 2.65 bits per heavy atom. The average Bonchev–Trinajstić information content (AvgIpc) is 2.98. The maximum Gasteiger partial charge on any atom is 0.148 e. The van der Waals surface area contributed by atoms with Gasteiger partial charge in [-0.25, -0.2) is 8.42 Å². The van der Waals surface area contributed by atoms with Crippen LogP contribution in [-0.4, -0.2) is 51.0 Å². The summed E-state index contributed by atoms with van der Waals surface area (Å²) in [5, 5.41) is 3.32. The van der Waals surface area contributed by atoms with Gasteiger partial charge < -0.3 is 9.73 Å². The summed E-state index contributed by atoms with van der Waals surface area (Å²) in [7, 11) is -2.94. The first-order valence-corrected chi connectivity index (χ1v) is 9.20. The van der Waals surface area contributed by atoms with Crippen LogP contribution in [0, 0.1) is 0 Å². The van der Waals surface area contributed by atoms with Crippen molar-refractivity contribution < 1.29 is 12.8 Å². The van der Waals surface area contributed by atoms with E-state index < -0.39 is 9.84 Å². The molecule has 1 aliphatic heterocycles. The number of nitrogens with zero attached hydrogens (tertiary/aromatic N) is 1. The van der Waals surface area contributed by atoms with Crippen molar-refractivity contribution >= 4 is 9.84 Å². The number of rotatable bonds is 7. The van der Waals surface area contributed by atoms with Gasteiger partial charge in [0.15, 0.2) is 0 Å². The van der Waals surface area contributed by atoms with E-state index in [2.05, 4.69) is 10.2 Å². The molecule has 1 fully saturated rings. The number of likely N-dealkylation sites (tertiary alicyclic amines) is 1. The third-order valence-corrected chi connectivity index (χ3v) is 4.77. The lowest BCUT2D eigenvalue weighted by Gasteiger charge is -2.27. The van der Waals surface area contributed by atoms with Gasteiger partial charge in [0.1, 0.15) is 15.6 Å². The van der Waals surface area contributed by atoms with E-state index >= 15 is 0 Å². The molecule has 114 valence electrons. The Morgan fingerprint density at radius 2 is 2.10 bits per heavy atom. The van der Waals surface area contributed by atoms with Crippen molar-refractivity contribution in [2.24, 2.45) is 0 Å². The molecule has 6 heteroatoms. The monoisotopic (exact) mass is 300 g/mol. The Labute approximate surface area is 121 Å². The molecule has 2 unspecified atom stereocenters. The fourth-order valence-corrected chi connectivity index (χ4v) is 3.80. The van der Waals surface area contributed by atoms with Crippen LogP contribution < -0.4 is 5.32 Å². The van der Waals surface area contributed by atoms with Crippen LogP contribution in [0.4, 0.5) is 0 Å². The quantitative estimate of drug-likeness (QED) is 0.825. The van der Waals surface area contributed by atoms with Gasteiger partial charge in [-0.15, -0.1) is 0 Å². The Bertz CT molecular complexity index is 492. The zero-order chi connectivity index (χ0) is 14.6. The zero-order valence-corrected chi connectivity index (χ0v) is 13.0. The van der Waals surface area contributed by atoms with E-state index in [1.165, 1.54) is 19.1 Å². The van der Waals surface area contributed by atoms with E-state index in [1.807, 2.05) is 19.1 Å². The molecule has 1 N–H and O–H groups in total. The van der Waals surface area contributed by atoms with Crippen molar-refractivity contribution in [3.8, 4) is 0 Å². The van der Waals surface area contributed by atoms with Crippen LogP contribution in [0.5, 0.6) is 0 Å². The van der Waals surface area contributed by atoms with Crippen LogP contribution in [0.1, 0.15) is 31.6 Å². The minimum absolute atomic E-state index is 0.0509. The molecule has 0 aromatic carbocycles. The van der Waals surface area contributed by atoms with Crippen LogP contribution in [0.15, 0.2) is 22.8 Å². The highest BCUT2D eigenvalue weighted by molar-refractivity contribution is 7.90. The van der Waals surface area contributed by atoms with Crippen molar-refractivity contribution in [3.63, 3.8) is 0 Å². The van der Waals surface area contributed by atoms with Gasteiger partial charge in [0.2, 0.25) is 0 Å². The third-order valence-electron chi connectivity index (χ3n) is 3.67. The summed E-state index contributed by atoms with van der Waals surface area (Å²) in [6.07, 6.45) is 5.40. The highest BCUT2D eigenvalue weighted by atomic mass is 32.2. The molecule has 1 saturated heterocycles. The Hall–Kier alpha value is -0.850. The topological polar surface area (TPSA) is 62.6 Å². The molecule has 2 atom stereocenters. The fraction of sp³-hybridized carbons (Fsp3) is 0.714. The van der Waals surface area contributed by atoms with Crippen molar-refractivity contribution in [2.75, 3.05) is 31.6 Å². The molecular weight excluding hydrogens is 276 g/mol. The van der Waals surface area contributed by atoms with Crippen LogP contribution in [0.2, 0.25) is 0 Å². The second-order valence-corrected chi connectivity index (χ2v) is 7.86. The molecule has 20 heavy (non-hydrogen) atoms. The lowest BCUT2D eigenvalue weighted by Crippen LogP contribution is -2.40. The summed E-state index contributed by atoms with van der Waals surface area (Å²) in [6.45, 7) is 4.77. The van der Waals surface area contributed by atoms with Crippen LogP contribution >= 0.6 is 0 Å². The Balaban J connectivity index is 1.94. The molecule has 1 aromatic heterocycles. The summed E-state index contributed by atoms with van der Waals surface area (Å²) in [6, 6.07) is 4.03. The predicted molar refractivity (Wildman–Crippen MR) is 79.4 cm³/mol. The molecule has 0 amide bonds.